The fourth-order valence-electron chi connectivity index (χ4n) is 3.81. The lowest BCUT2D eigenvalue weighted by molar-refractivity contribution is -0.126. The van der Waals surface area contributed by atoms with Gasteiger partial charge in [0.2, 0.25) is 5.91 Å². The van der Waals surface area contributed by atoms with Crippen LogP contribution in [-0.4, -0.2) is 23.7 Å². The van der Waals surface area contributed by atoms with Crippen LogP contribution in [0, 0.1) is 23.7 Å². The lowest BCUT2D eigenvalue weighted by Gasteiger charge is -2.26. The van der Waals surface area contributed by atoms with Gasteiger partial charge in [-0.05, 0) is 56.3 Å². The fraction of sp³-hybridized carbons (Fsp3) is 0.800. The molecular formula is C15H23NO2. The van der Waals surface area contributed by atoms with E-state index in [0.29, 0.717) is 17.8 Å². The second-order valence-corrected chi connectivity index (χ2v) is 6.31. The van der Waals surface area contributed by atoms with Crippen LogP contribution in [0.15, 0.2) is 12.2 Å². The van der Waals surface area contributed by atoms with E-state index in [1.54, 1.807) is 0 Å². The van der Waals surface area contributed by atoms with E-state index in [9.17, 15) is 9.90 Å². The SMILES string of the molecule is O=C(NCC1CCC(O)CC1)C1CC2C=CC1C2. The summed E-state index contributed by atoms with van der Waals surface area (Å²) in [6.45, 7) is 0.809. The molecule has 0 saturated heterocycles. The first-order chi connectivity index (χ1) is 8.72. The maximum Gasteiger partial charge on any atom is 0.223 e. The van der Waals surface area contributed by atoms with Gasteiger partial charge >= 0.3 is 0 Å². The van der Waals surface area contributed by atoms with Crippen molar-refractivity contribution in [2.45, 2.75) is 44.6 Å². The van der Waals surface area contributed by atoms with Crippen molar-refractivity contribution in [1.29, 1.82) is 0 Å². The Bertz CT molecular complexity index is 344. The van der Waals surface area contributed by atoms with Gasteiger partial charge < -0.3 is 10.4 Å². The number of hydrogen-bond acceptors (Lipinski definition) is 2. The zero-order valence-corrected chi connectivity index (χ0v) is 10.8. The van der Waals surface area contributed by atoms with Crippen LogP contribution in [0.4, 0.5) is 0 Å². The molecule has 2 fully saturated rings. The van der Waals surface area contributed by atoms with E-state index >= 15 is 0 Å². The Hall–Kier alpha value is -0.830. The number of allylic oxidation sites excluding steroid dienone is 2. The second-order valence-electron chi connectivity index (χ2n) is 6.31. The van der Waals surface area contributed by atoms with Gasteiger partial charge in [0, 0.05) is 12.5 Å². The van der Waals surface area contributed by atoms with Crippen LogP contribution < -0.4 is 5.32 Å². The van der Waals surface area contributed by atoms with Crippen molar-refractivity contribution in [3.05, 3.63) is 12.2 Å². The molecule has 1 amide bonds. The van der Waals surface area contributed by atoms with Crippen LogP contribution in [-0.2, 0) is 4.79 Å². The summed E-state index contributed by atoms with van der Waals surface area (Å²) in [6, 6.07) is 0. The molecule has 2 bridgehead atoms. The molecule has 0 aromatic heterocycles. The molecular weight excluding hydrogens is 226 g/mol. The van der Waals surface area contributed by atoms with Crippen molar-refractivity contribution in [3.8, 4) is 0 Å². The third-order valence-corrected chi connectivity index (χ3v) is 5.00. The number of fused-ring (bicyclic) bond motifs is 2. The van der Waals surface area contributed by atoms with Crippen LogP contribution in [0.5, 0.6) is 0 Å². The largest absolute Gasteiger partial charge is 0.393 e. The minimum absolute atomic E-state index is 0.104. The molecule has 3 aliphatic carbocycles. The lowest BCUT2D eigenvalue weighted by Crippen LogP contribution is -2.37. The topological polar surface area (TPSA) is 49.3 Å². The second kappa shape index (κ2) is 5.04. The fourth-order valence-corrected chi connectivity index (χ4v) is 3.81. The van der Waals surface area contributed by atoms with Crippen molar-refractivity contribution in [1.82, 2.24) is 5.32 Å². The molecule has 0 aromatic rings. The molecule has 0 heterocycles. The van der Waals surface area contributed by atoms with E-state index in [1.807, 2.05) is 0 Å². The van der Waals surface area contributed by atoms with Crippen LogP contribution in [0.2, 0.25) is 0 Å². The molecule has 100 valence electrons. The van der Waals surface area contributed by atoms with Crippen molar-refractivity contribution < 1.29 is 9.90 Å². The quantitative estimate of drug-likeness (QED) is 0.750. The van der Waals surface area contributed by atoms with Crippen LogP contribution >= 0.6 is 0 Å². The third kappa shape index (κ3) is 2.46. The first kappa shape index (κ1) is 12.2. The maximum atomic E-state index is 12.1. The van der Waals surface area contributed by atoms with Gasteiger partial charge in [-0.1, -0.05) is 12.2 Å². The number of amides is 1. The molecule has 2 saturated carbocycles. The normalized spacial score (nSPS) is 42.2. The van der Waals surface area contributed by atoms with E-state index in [2.05, 4.69) is 17.5 Å². The number of aliphatic hydroxyl groups excluding tert-OH is 1. The minimum atomic E-state index is -0.104. The summed E-state index contributed by atoms with van der Waals surface area (Å²) < 4.78 is 0. The van der Waals surface area contributed by atoms with Crippen molar-refractivity contribution in [3.63, 3.8) is 0 Å². The minimum Gasteiger partial charge on any atom is -0.393 e. The van der Waals surface area contributed by atoms with Gasteiger partial charge in [0.1, 0.15) is 0 Å². The zero-order chi connectivity index (χ0) is 12.5. The van der Waals surface area contributed by atoms with Crippen LogP contribution in [0.25, 0.3) is 0 Å². The molecule has 3 atom stereocenters. The Morgan fingerprint density at radius 3 is 2.56 bits per heavy atom. The standard InChI is InChI=1S/C15H23NO2/c17-13-5-2-10(3-6-13)9-16-15(18)14-8-11-1-4-12(14)7-11/h1,4,10-14,17H,2-3,5-9H2,(H,16,18). The molecule has 0 radical (unpaired) electrons. The summed E-state index contributed by atoms with van der Waals surface area (Å²) in [4.78, 5) is 12.1. The Morgan fingerprint density at radius 1 is 1.17 bits per heavy atom. The Kier molecular flexibility index (Phi) is 3.42. The molecule has 0 aliphatic heterocycles. The Labute approximate surface area is 109 Å². The molecule has 3 aliphatic rings. The number of nitrogens with one attached hydrogen (secondary N) is 1. The number of carbonyl (C=O) groups is 1. The molecule has 3 unspecified atom stereocenters. The first-order valence-electron chi connectivity index (χ1n) is 7.36. The summed E-state index contributed by atoms with van der Waals surface area (Å²) in [5.41, 5.74) is 0. The van der Waals surface area contributed by atoms with E-state index in [0.717, 1.165) is 38.6 Å². The predicted molar refractivity (Wildman–Crippen MR) is 69.8 cm³/mol. The summed E-state index contributed by atoms with van der Waals surface area (Å²) >= 11 is 0. The molecule has 2 N–H and O–H groups in total. The van der Waals surface area contributed by atoms with Gasteiger partial charge in [-0.3, -0.25) is 4.79 Å². The highest BCUT2D eigenvalue weighted by atomic mass is 16.3. The number of rotatable bonds is 3. The van der Waals surface area contributed by atoms with Crippen molar-refractivity contribution in [2.24, 2.45) is 23.7 Å². The van der Waals surface area contributed by atoms with Gasteiger partial charge in [-0.15, -0.1) is 0 Å². The Morgan fingerprint density at radius 2 is 1.94 bits per heavy atom. The zero-order valence-electron chi connectivity index (χ0n) is 10.8. The molecule has 3 rings (SSSR count). The summed E-state index contributed by atoms with van der Waals surface area (Å²) in [7, 11) is 0. The average molecular weight is 249 g/mol. The van der Waals surface area contributed by atoms with E-state index in [4.69, 9.17) is 0 Å². The van der Waals surface area contributed by atoms with E-state index in [-0.39, 0.29) is 17.9 Å². The van der Waals surface area contributed by atoms with Crippen LogP contribution in [0.3, 0.4) is 0 Å². The van der Waals surface area contributed by atoms with Crippen molar-refractivity contribution >= 4 is 5.91 Å². The number of hydrogen-bond donors (Lipinski definition) is 2. The number of aliphatic hydroxyl groups is 1. The van der Waals surface area contributed by atoms with Gasteiger partial charge in [0.25, 0.3) is 0 Å². The maximum absolute atomic E-state index is 12.1. The van der Waals surface area contributed by atoms with E-state index in [1.165, 1.54) is 6.42 Å². The molecule has 3 nitrogen and oxygen atoms in total. The van der Waals surface area contributed by atoms with Gasteiger partial charge in [0.15, 0.2) is 0 Å². The first-order valence-corrected chi connectivity index (χ1v) is 7.36. The Balaban J connectivity index is 1.43. The highest BCUT2D eigenvalue weighted by molar-refractivity contribution is 5.79. The van der Waals surface area contributed by atoms with E-state index < -0.39 is 0 Å². The summed E-state index contributed by atoms with van der Waals surface area (Å²) in [5, 5.41) is 12.6. The highest BCUT2D eigenvalue weighted by Gasteiger charge is 2.39. The summed E-state index contributed by atoms with van der Waals surface area (Å²) in [6.07, 6.45) is 10.6. The molecule has 0 aromatic carbocycles. The van der Waals surface area contributed by atoms with Crippen molar-refractivity contribution in [2.75, 3.05) is 6.54 Å². The molecule has 18 heavy (non-hydrogen) atoms. The molecule has 0 spiro atoms. The molecule has 3 heteroatoms. The highest BCUT2D eigenvalue weighted by Crippen LogP contribution is 2.43. The van der Waals surface area contributed by atoms with Gasteiger partial charge in [-0.2, -0.15) is 0 Å². The number of carbonyl (C=O) groups excluding carboxylic acids is 1. The summed E-state index contributed by atoms with van der Waals surface area (Å²) in [5.74, 6) is 2.23. The smallest absolute Gasteiger partial charge is 0.223 e. The lowest BCUT2D eigenvalue weighted by atomic mass is 9.87. The van der Waals surface area contributed by atoms with Gasteiger partial charge in [0.05, 0.1) is 6.10 Å². The average Bonchev–Trinajstić information content (AvgIpc) is 3.00. The third-order valence-electron chi connectivity index (χ3n) is 5.00. The predicted octanol–water partition coefficient (Wildman–Crippen LogP) is 1.87. The van der Waals surface area contributed by atoms with Crippen LogP contribution in [0.1, 0.15) is 38.5 Å². The van der Waals surface area contributed by atoms with Gasteiger partial charge in [-0.25, -0.2) is 0 Å². The monoisotopic (exact) mass is 249 g/mol.